The van der Waals surface area contributed by atoms with Gasteiger partial charge in [-0.25, -0.2) is 0 Å². The van der Waals surface area contributed by atoms with E-state index in [1.807, 2.05) is 6.92 Å². The van der Waals surface area contributed by atoms with Gasteiger partial charge in [0.15, 0.2) is 5.75 Å². The van der Waals surface area contributed by atoms with Crippen LogP contribution in [0.15, 0.2) is 18.3 Å². The third kappa shape index (κ3) is 3.38. The van der Waals surface area contributed by atoms with Crippen LogP contribution >= 0.6 is 0 Å². The van der Waals surface area contributed by atoms with E-state index < -0.39 is 14.8 Å². The monoisotopic (exact) mass is 285 g/mol. The van der Waals surface area contributed by atoms with Gasteiger partial charge in [-0.05, 0) is 12.1 Å². The minimum absolute atomic E-state index is 0.261. The number of aromatic nitrogens is 1. The predicted octanol–water partition coefficient (Wildman–Crippen LogP) is 1.53. The number of carbonyl (C=O) groups excluding carboxylic acids is 1. The van der Waals surface area contributed by atoms with Crippen LogP contribution in [0.4, 0.5) is 0 Å². The molecule has 0 aliphatic carbocycles. The first-order valence-electron chi connectivity index (χ1n) is 5.79. The fraction of sp³-hybridized carbons (Fsp3) is 0.500. The van der Waals surface area contributed by atoms with Crippen molar-refractivity contribution in [3.63, 3.8) is 0 Å². The van der Waals surface area contributed by atoms with E-state index in [9.17, 15) is 4.79 Å². The lowest BCUT2D eigenvalue weighted by Crippen LogP contribution is -2.48. The summed E-state index contributed by atoms with van der Waals surface area (Å²) in [5.41, 5.74) is 0.318. The van der Waals surface area contributed by atoms with Crippen molar-refractivity contribution in [2.24, 2.45) is 0 Å². The summed E-state index contributed by atoms with van der Waals surface area (Å²) in [6.07, 6.45) is 1.62. The molecule has 1 atom stereocenters. The van der Waals surface area contributed by atoms with E-state index in [4.69, 9.17) is 18.0 Å². The Hall–Kier alpha value is -1.28. The molecule has 1 heterocycles. The molecule has 0 amide bonds. The van der Waals surface area contributed by atoms with E-state index in [1.165, 1.54) is 28.3 Å². The topological polar surface area (TPSA) is 66.9 Å². The summed E-state index contributed by atoms with van der Waals surface area (Å²) in [4.78, 5) is 15.4. The van der Waals surface area contributed by atoms with Crippen LogP contribution in [-0.4, -0.2) is 41.1 Å². The second-order valence-corrected chi connectivity index (χ2v) is 7.22. The summed E-state index contributed by atoms with van der Waals surface area (Å²) in [7, 11) is 1.70. The molecule has 0 saturated carbocycles. The van der Waals surface area contributed by atoms with Gasteiger partial charge >= 0.3 is 14.8 Å². The summed E-state index contributed by atoms with van der Waals surface area (Å²) in [5.74, 6) is -0.00788. The van der Waals surface area contributed by atoms with Crippen molar-refractivity contribution in [3.8, 4) is 5.75 Å². The first-order chi connectivity index (χ1) is 9.00. The Morgan fingerprint density at radius 3 is 2.32 bits per heavy atom. The quantitative estimate of drug-likeness (QED) is 0.583. The molecular weight excluding hydrogens is 266 g/mol. The van der Waals surface area contributed by atoms with Gasteiger partial charge in [0.25, 0.3) is 0 Å². The van der Waals surface area contributed by atoms with Crippen molar-refractivity contribution < 1.29 is 22.8 Å². The van der Waals surface area contributed by atoms with Crippen LogP contribution in [0.2, 0.25) is 0 Å². The molecule has 7 heteroatoms. The number of nitrogens with zero attached hydrogens (tertiary/aromatic N) is 1. The second-order valence-electron chi connectivity index (χ2n) is 3.92. The molecule has 0 N–H and O–H groups in total. The maximum atomic E-state index is 11.1. The van der Waals surface area contributed by atoms with E-state index in [2.05, 4.69) is 4.98 Å². The van der Waals surface area contributed by atoms with Crippen molar-refractivity contribution in [2.45, 2.75) is 19.4 Å². The lowest BCUT2D eigenvalue weighted by atomic mass is 10.2. The van der Waals surface area contributed by atoms with Crippen LogP contribution in [0.1, 0.15) is 25.1 Å². The van der Waals surface area contributed by atoms with Crippen LogP contribution in [0.3, 0.4) is 0 Å². The Morgan fingerprint density at radius 2 is 1.84 bits per heavy atom. The van der Waals surface area contributed by atoms with Gasteiger partial charge in [0, 0.05) is 34.4 Å². The Kier molecular flexibility index (Phi) is 5.61. The molecule has 0 fully saturated rings. The van der Waals surface area contributed by atoms with E-state index in [-0.39, 0.29) is 5.54 Å². The highest BCUT2D eigenvalue weighted by Crippen LogP contribution is 2.32. The zero-order chi connectivity index (χ0) is 14.5. The van der Waals surface area contributed by atoms with Crippen LogP contribution < -0.4 is 4.74 Å². The van der Waals surface area contributed by atoms with Gasteiger partial charge < -0.3 is 18.0 Å². The summed E-state index contributed by atoms with van der Waals surface area (Å²) in [6.45, 7) is 3.22. The summed E-state index contributed by atoms with van der Waals surface area (Å²) in [5, 5.41) is 0. The van der Waals surface area contributed by atoms with Gasteiger partial charge in [-0.1, -0.05) is 6.92 Å². The third-order valence-corrected chi connectivity index (χ3v) is 5.89. The van der Waals surface area contributed by atoms with Gasteiger partial charge in [0.1, 0.15) is 0 Å². The zero-order valence-electron chi connectivity index (χ0n) is 11.8. The molecule has 0 saturated heterocycles. The minimum Gasteiger partial charge on any atom is -0.425 e. The highest BCUT2D eigenvalue weighted by Gasteiger charge is 2.47. The van der Waals surface area contributed by atoms with Gasteiger partial charge in [-0.2, -0.15) is 0 Å². The Balaban J connectivity index is 3.17. The number of ether oxygens (including phenoxy) is 1. The van der Waals surface area contributed by atoms with E-state index in [0.717, 1.165) is 0 Å². The second kappa shape index (κ2) is 6.76. The van der Waals surface area contributed by atoms with Crippen molar-refractivity contribution in [3.05, 3.63) is 24.0 Å². The molecular formula is C12H19NO5Si. The maximum Gasteiger partial charge on any atom is 0.509 e. The SMILES string of the molecule is CO[Si](OC)(OC)C(C)c1ncccc1OC(C)=O. The van der Waals surface area contributed by atoms with Crippen molar-refractivity contribution >= 4 is 14.8 Å². The number of hydrogen-bond donors (Lipinski definition) is 0. The van der Waals surface area contributed by atoms with Crippen LogP contribution in [0, 0.1) is 0 Å². The highest BCUT2D eigenvalue weighted by atomic mass is 28.4. The largest absolute Gasteiger partial charge is 0.509 e. The fourth-order valence-corrected chi connectivity index (χ4v) is 4.03. The molecule has 1 aromatic heterocycles. The van der Waals surface area contributed by atoms with E-state index in [0.29, 0.717) is 11.4 Å². The molecule has 6 nitrogen and oxygen atoms in total. The smallest absolute Gasteiger partial charge is 0.425 e. The summed E-state index contributed by atoms with van der Waals surface area (Å²) >= 11 is 0. The fourth-order valence-electron chi connectivity index (χ4n) is 1.92. The summed E-state index contributed by atoms with van der Waals surface area (Å²) < 4.78 is 21.4. The Labute approximate surface area is 114 Å². The first kappa shape index (κ1) is 15.8. The lowest BCUT2D eigenvalue weighted by molar-refractivity contribution is -0.131. The average Bonchev–Trinajstić information content (AvgIpc) is 2.41. The normalized spacial score (nSPS) is 13.1. The minimum atomic E-state index is -2.90. The van der Waals surface area contributed by atoms with Gasteiger partial charge in [0.2, 0.25) is 0 Å². The van der Waals surface area contributed by atoms with E-state index >= 15 is 0 Å². The van der Waals surface area contributed by atoms with Gasteiger partial charge in [-0.15, -0.1) is 0 Å². The number of rotatable bonds is 6. The molecule has 0 spiro atoms. The van der Waals surface area contributed by atoms with E-state index in [1.54, 1.807) is 18.3 Å². The molecule has 19 heavy (non-hydrogen) atoms. The summed E-state index contributed by atoms with van der Waals surface area (Å²) in [6, 6.07) is 3.38. The molecule has 1 aromatic rings. The number of hydrogen-bond acceptors (Lipinski definition) is 6. The number of pyridine rings is 1. The molecule has 0 radical (unpaired) electrons. The van der Waals surface area contributed by atoms with Gasteiger partial charge in [0.05, 0.1) is 11.2 Å². The molecule has 106 valence electrons. The Bertz CT molecular complexity index is 428. The zero-order valence-corrected chi connectivity index (χ0v) is 12.8. The molecule has 0 aromatic carbocycles. The molecule has 0 aliphatic heterocycles. The first-order valence-corrected chi connectivity index (χ1v) is 7.59. The van der Waals surface area contributed by atoms with Crippen LogP contribution in [0.5, 0.6) is 5.75 Å². The third-order valence-electron chi connectivity index (χ3n) is 2.85. The molecule has 0 bridgehead atoms. The van der Waals surface area contributed by atoms with Crippen LogP contribution in [-0.2, 0) is 18.1 Å². The standard InChI is InChI=1S/C12H19NO5Si/c1-9(19(15-3,16-4)17-5)12-11(18-10(2)14)7-6-8-13-12/h6-9H,1-5H3. The maximum absolute atomic E-state index is 11.1. The lowest BCUT2D eigenvalue weighted by Gasteiger charge is -2.30. The predicted molar refractivity (Wildman–Crippen MR) is 70.7 cm³/mol. The van der Waals surface area contributed by atoms with Crippen molar-refractivity contribution in [1.29, 1.82) is 0 Å². The van der Waals surface area contributed by atoms with Crippen molar-refractivity contribution in [1.82, 2.24) is 4.98 Å². The Morgan fingerprint density at radius 1 is 1.26 bits per heavy atom. The molecule has 1 unspecified atom stereocenters. The molecule has 0 aliphatic rings. The van der Waals surface area contributed by atoms with Gasteiger partial charge in [-0.3, -0.25) is 9.78 Å². The van der Waals surface area contributed by atoms with Crippen LogP contribution in [0.25, 0.3) is 0 Å². The molecule has 1 rings (SSSR count). The number of esters is 1. The average molecular weight is 285 g/mol. The highest BCUT2D eigenvalue weighted by molar-refractivity contribution is 6.62. The number of carbonyl (C=O) groups is 1. The van der Waals surface area contributed by atoms with Crippen molar-refractivity contribution in [2.75, 3.05) is 21.3 Å².